The second-order valence-corrected chi connectivity index (χ2v) is 5.00. The first-order valence-electron chi connectivity index (χ1n) is 6.56. The van der Waals surface area contributed by atoms with Crippen LogP contribution in [0.15, 0.2) is 24.3 Å². The molecule has 1 saturated heterocycles. The van der Waals surface area contributed by atoms with Gasteiger partial charge in [-0.05, 0) is 11.6 Å². The number of ether oxygens (including phenoxy) is 1. The van der Waals surface area contributed by atoms with E-state index in [0.29, 0.717) is 18.7 Å². The van der Waals surface area contributed by atoms with Crippen molar-refractivity contribution in [1.29, 1.82) is 0 Å². The topological polar surface area (TPSA) is 49.8 Å². The molecule has 1 unspecified atom stereocenters. The standard InChI is InChI=1S/C14H16F3NO3/c15-14(16,17)11-3-1-2-10(6-11)8-18-4-5-21-9-12(18)7-13(19)20/h1-3,6,12H,4-5,7-9H2,(H,19,20). The van der Waals surface area contributed by atoms with Gasteiger partial charge in [0.25, 0.3) is 0 Å². The highest BCUT2D eigenvalue weighted by molar-refractivity contribution is 5.67. The Balaban J connectivity index is 2.10. The highest BCUT2D eigenvalue weighted by Gasteiger charge is 2.31. The smallest absolute Gasteiger partial charge is 0.416 e. The number of alkyl halides is 3. The van der Waals surface area contributed by atoms with E-state index in [1.54, 1.807) is 6.07 Å². The average molecular weight is 303 g/mol. The summed E-state index contributed by atoms with van der Waals surface area (Å²) < 4.78 is 43.3. The minimum Gasteiger partial charge on any atom is -0.481 e. The molecule has 1 N–H and O–H groups in total. The summed E-state index contributed by atoms with van der Waals surface area (Å²) in [6, 6.07) is 4.80. The number of benzene rings is 1. The molecule has 4 nitrogen and oxygen atoms in total. The Morgan fingerprint density at radius 1 is 1.43 bits per heavy atom. The molecule has 0 radical (unpaired) electrons. The van der Waals surface area contributed by atoms with Crippen molar-refractivity contribution in [3.63, 3.8) is 0 Å². The number of carbonyl (C=O) groups is 1. The summed E-state index contributed by atoms with van der Waals surface area (Å²) in [5.41, 5.74) is -0.176. The Bertz CT molecular complexity index is 504. The summed E-state index contributed by atoms with van der Waals surface area (Å²) >= 11 is 0. The third-order valence-electron chi connectivity index (χ3n) is 3.40. The van der Waals surface area contributed by atoms with Crippen LogP contribution in [0.4, 0.5) is 13.2 Å². The van der Waals surface area contributed by atoms with Gasteiger partial charge in [0.2, 0.25) is 0 Å². The zero-order chi connectivity index (χ0) is 15.5. The molecule has 7 heteroatoms. The Morgan fingerprint density at radius 2 is 2.19 bits per heavy atom. The number of rotatable bonds is 4. The minimum absolute atomic E-state index is 0.0844. The van der Waals surface area contributed by atoms with Gasteiger partial charge in [-0.25, -0.2) is 0 Å². The predicted molar refractivity (Wildman–Crippen MR) is 68.7 cm³/mol. The van der Waals surface area contributed by atoms with Gasteiger partial charge < -0.3 is 9.84 Å². The maximum Gasteiger partial charge on any atom is 0.416 e. The van der Waals surface area contributed by atoms with Gasteiger partial charge in [-0.1, -0.05) is 18.2 Å². The molecule has 1 aromatic rings. The molecule has 21 heavy (non-hydrogen) atoms. The summed E-state index contributed by atoms with van der Waals surface area (Å²) in [7, 11) is 0. The van der Waals surface area contributed by atoms with Crippen molar-refractivity contribution in [1.82, 2.24) is 4.90 Å². The van der Waals surface area contributed by atoms with Crippen molar-refractivity contribution in [2.24, 2.45) is 0 Å². The van der Waals surface area contributed by atoms with Crippen molar-refractivity contribution < 1.29 is 27.8 Å². The third kappa shape index (κ3) is 4.44. The molecule has 1 aliphatic heterocycles. The molecule has 0 spiro atoms. The fraction of sp³-hybridized carbons (Fsp3) is 0.500. The summed E-state index contributed by atoms with van der Waals surface area (Å²) in [4.78, 5) is 12.7. The molecule has 0 amide bonds. The molecule has 1 atom stereocenters. The lowest BCUT2D eigenvalue weighted by Gasteiger charge is -2.34. The van der Waals surface area contributed by atoms with E-state index >= 15 is 0 Å². The quantitative estimate of drug-likeness (QED) is 0.928. The van der Waals surface area contributed by atoms with E-state index in [0.717, 1.165) is 12.1 Å². The summed E-state index contributed by atoms with van der Waals surface area (Å²) in [5.74, 6) is -0.945. The van der Waals surface area contributed by atoms with Gasteiger partial charge in [-0.2, -0.15) is 13.2 Å². The monoisotopic (exact) mass is 303 g/mol. The lowest BCUT2D eigenvalue weighted by atomic mass is 10.1. The first-order chi connectivity index (χ1) is 9.86. The number of halogens is 3. The zero-order valence-electron chi connectivity index (χ0n) is 11.3. The lowest BCUT2D eigenvalue weighted by molar-refractivity contribution is -0.140. The second kappa shape index (κ2) is 6.44. The van der Waals surface area contributed by atoms with Gasteiger partial charge >= 0.3 is 12.1 Å². The molecular formula is C14H16F3NO3. The molecule has 0 aliphatic carbocycles. The fourth-order valence-electron chi connectivity index (χ4n) is 2.37. The number of morpholine rings is 1. The summed E-state index contributed by atoms with van der Waals surface area (Å²) in [6.45, 7) is 1.53. The average Bonchev–Trinajstić information content (AvgIpc) is 2.40. The zero-order valence-corrected chi connectivity index (χ0v) is 11.3. The van der Waals surface area contributed by atoms with Crippen LogP contribution in [0.1, 0.15) is 17.5 Å². The van der Waals surface area contributed by atoms with E-state index in [1.165, 1.54) is 6.07 Å². The van der Waals surface area contributed by atoms with E-state index in [1.807, 2.05) is 4.90 Å². The van der Waals surface area contributed by atoms with Gasteiger partial charge in [-0.15, -0.1) is 0 Å². The predicted octanol–water partition coefficient (Wildman–Crippen LogP) is 2.38. The number of aliphatic carboxylic acids is 1. The van der Waals surface area contributed by atoms with Gasteiger partial charge in [-0.3, -0.25) is 9.69 Å². The van der Waals surface area contributed by atoms with E-state index in [-0.39, 0.29) is 25.6 Å². The van der Waals surface area contributed by atoms with Crippen LogP contribution in [0.3, 0.4) is 0 Å². The molecule has 0 aromatic heterocycles. The van der Waals surface area contributed by atoms with Crippen LogP contribution in [0.25, 0.3) is 0 Å². The second-order valence-electron chi connectivity index (χ2n) is 5.00. The maximum absolute atomic E-state index is 12.7. The molecule has 1 fully saturated rings. The number of carboxylic acid groups (broad SMARTS) is 1. The number of hydrogen-bond acceptors (Lipinski definition) is 3. The largest absolute Gasteiger partial charge is 0.481 e. The van der Waals surface area contributed by atoms with Crippen LogP contribution >= 0.6 is 0 Å². The van der Waals surface area contributed by atoms with Gasteiger partial charge in [0.05, 0.1) is 25.2 Å². The van der Waals surface area contributed by atoms with Gasteiger partial charge in [0, 0.05) is 19.1 Å². The van der Waals surface area contributed by atoms with Crippen LogP contribution in [0.2, 0.25) is 0 Å². The van der Waals surface area contributed by atoms with Crippen LogP contribution < -0.4 is 0 Å². The van der Waals surface area contributed by atoms with E-state index in [2.05, 4.69) is 0 Å². The molecular weight excluding hydrogens is 287 g/mol. The molecule has 0 bridgehead atoms. The Morgan fingerprint density at radius 3 is 2.86 bits per heavy atom. The first-order valence-corrected chi connectivity index (χ1v) is 6.56. The van der Waals surface area contributed by atoms with E-state index in [9.17, 15) is 18.0 Å². The summed E-state index contributed by atoms with van der Waals surface area (Å²) in [6.07, 6.45) is -4.46. The number of hydrogen-bond donors (Lipinski definition) is 1. The minimum atomic E-state index is -4.37. The molecule has 1 aliphatic rings. The SMILES string of the molecule is O=C(O)CC1COCCN1Cc1cccc(C(F)(F)F)c1. The van der Waals surface area contributed by atoms with Crippen molar-refractivity contribution in [3.05, 3.63) is 35.4 Å². The van der Waals surface area contributed by atoms with Crippen molar-refractivity contribution in [2.75, 3.05) is 19.8 Å². The molecule has 1 heterocycles. The Hall–Kier alpha value is -1.60. The van der Waals surface area contributed by atoms with Crippen LogP contribution in [-0.4, -0.2) is 41.8 Å². The maximum atomic E-state index is 12.7. The third-order valence-corrected chi connectivity index (χ3v) is 3.40. The number of carboxylic acids is 1. The van der Waals surface area contributed by atoms with Crippen molar-refractivity contribution in [3.8, 4) is 0 Å². The highest BCUT2D eigenvalue weighted by Crippen LogP contribution is 2.30. The van der Waals surface area contributed by atoms with Crippen LogP contribution in [-0.2, 0) is 22.3 Å². The first kappa shape index (κ1) is 15.8. The van der Waals surface area contributed by atoms with Crippen LogP contribution in [0, 0.1) is 0 Å². The van der Waals surface area contributed by atoms with E-state index < -0.39 is 17.7 Å². The van der Waals surface area contributed by atoms with Crippen molar-refractivity contribution >= 4 is 5.97 Å². The molecule has 1 aromatic carbocycles. The highest BCUT2D eigenvalue weighted by atomic mass is 19.4. The lowest BCUT2D eigenvalue weighted by Crippen LogP contribution is -2.45. The normalized spacial score (nSPS) is 20.4. The van der Waals surface area contributed by atoms with E-state index in [4.69, 9.17) is 9.84 Å². The van der Waals surface area contributed by atoms with Gasteiger partial charge in [0.15, 0.2) is 0 Å². The molecule has 0 saturated carbocycles. The van der Waals surface area contributed by atoms with Crippen LogP contribution in [0.5, 0.6) is 0 Å². The van der Waals surface area contributed by atoms with Gasteiger partial charge in [0.1, 0.15) is 0 Å². The fourth-order valence-corrected chi connectivity index (χ4v) is 2.37. The Kier molecular flexibility index (Phi) is 4.84. The molecule has 116 valence electrons. The van der Waals surface area contributed by atoms with Crippen molar-refractivity contribution in [2.45, 2.75) is 25.2 Å². The Labute approximate surface area is 120 Å². The number of nitrogens with zero attached hydrogens (tertiary/aromatic N) is 1. The molecule has 2 rings (SSSR count). The summed E-state index contributed by atoms with van der Waals surface area (Å²) in [5, 5.41) is 8.87.